The van der Waals surface area contributed by atoms with Crippen LogP contribution in [-0.4, -0.2) is 40.9 Å². The van der Waals surface area contributed by atoms with Gasteiger partial charge in [0.25, 0.3) is 0 Å². The van der Waals surface area contributed by atoms with Crippen LogP contribution in [0.5, 0.6) is 0 Å². The van der Waals surface area contributed by atoms with Gasteiger partial charge in [-0.3, -0.25) is 4.99 Å². The molecule has 6 nitrogen and oxygen atoms in total. The molecule has 1 saturated heterocycles. The van der Waals surface area contributed by atoms with Crippen LogP contribution in [0.15, 0.2) is 47.5 Å². The standard InChI is InChI=1S/C23H27F2N5O/c1-22(2,3)29-20-23(28-19-8-5-4-7-18(19)26-20)11-6-12-30(14-23)21(31)27-17-10-9-15(24)13-16(17)25/h4-5,7-10,13,28H,6,11-12,14H2,1-3H3,(H,26,29)(H,27,31)/t23-/m1/s1. The number of amides is 2. The van der Waals surface area contributed by atoms with Gasteiger partial charge >= 0.3 is 6.03 Å². The summed E-state index contributed by atoms with van der Waals surface area (Å²) in [6.45, 7) is 6.97. The maximum absolute atomic E-state index is 14.0. The Morgan fingerprint density at radius 3 is 2.61 bits per heavy atom. The minimum Gasteiger partial charge on any atom is -0.370 e. The minimum absolute atomic E-state index is 0.0466. The van der Waals surface area contributed by atoms with Crippen molar-refractivity contribution in [2.75, 3.05) is 29.0 Å². The van der Waals surface area contributed by atoms with Gasteiger partial charge in [0.15, 0.2) is 0 Å². The molecule has 0 saturated carbocycles. The molecule has 2 aliphatic rings. The Morgan fingerprint density at radius 1 is 1.16 bits per heavy atom. The second-order valence-corrected chi connectivity index (χ2v) is 9.09. The van der Waals surface area contributed by atoms with E-state index in [0.717, 1.165) is 42.2 Å². The summed E-state index contributed by atoms with van der Waals surface area (Å²) >= 11 is 0. The summed E-state index contributed by atoms with van der Waals surface area (Å²) in [5.74, 6) is -0.711. The smallest absolute Gasteiger partial charge is 0.322 e. The quantitative estimate of drug-likeness (QED) is 0.595. The Hall–Kier alpha value is -3.16. The summed E-state index contributed by atoms with van der Waals surface area (Å²) in [6.07, 6.45) is 1.54. The molecule has 2 aliphatic heterocycles. The second-order valence-electron chi connectivity index (χ2n) is 9.09. The molecule has 2 aromatic rings. The van der Waals surface area contributed by atoms with E-state index in [1.807, 2.05) is 45.0 Å². The fourth-order valence-corrected chi connectivity index (χ4v) is 4.05. The number of urea groups is 1. The van der Waals surface area contributed by atoms with Crippen LogP contribution in [0, 0.1) is 11.6 Å². The molecule has 0 bridgehead atoms. The van der Waals surface area contributed by atoms with Gasteiger partial charge in [-0.1, -0.05) is 12.1 Å². The number of benzene rings is 2. The summed E-state index contributed by atoms with van der Waals surface area (Å²) in [5, 5.41) is 9.65. The van der Waals surface area contributed by atoms with Gasteiger partial charge in [-0.15, -0.1) is 0 Å². The number of nitrogens with zero attached hydrogens (tertiary/aromatic N) is 2. The molecule has 2 aromatic carbocycles. The van der Waals surface area contributed by atoms with Crippen LogP contribution in [0.1, 0.15) is 33.6 Å². The lowest BCUT2D eigenvalue weighted by atomic mass is 9.85. The first kappa shape index (κ1) is 21.1. The predicted octanol–water partition coefficient (Wildman–Crippen LogP) is 5.07. The van der Waals surface area contributed by atoms with Crippen LogP contribution in [0.25, 0.3) is 0 Å². The Bertz CT molecular complexity index is 1030. The molecule has 164 valence electrons. The molecule has 0 aromatic heterocycles. The highest BCUT2D eigenvalue weighted by atomic mass is 19.1. The molecular formula is C23H27F2N5O. The van der Waals surface area contributed by atoms with Crippen molar-refractivity contribution in [2.45, 2.75) is 44.7 Å². The van der Waals surface area contributed by atoms with Gasteiger partial charge < -0.3 is 20.9 Å². The highest BCUT2D eigenvalue weighted by Crippen LogP contribution is 2.37. The number of fused-ring (bicyclic) bond motifs is 1. The maximum atomic E-state index is 14.0. The van der Waals surface area contributed by atoms with E-state index in [1.54, 1.807) is 4.90 Å². The molecule has 3 N–H and O–H groups in total. The number of aliphatic imine (C=N–C) groups is 1. The topological polar surface area (TPSA) is 68.8 Å². The fraction of sp³-hybridized carbons (Fsp3) is 0.391. The largest absolute Gasteiger partial charge is 0.370 e. The summed E-state index contributed by atoms with van der Waals surface area (Å²) in [6, 6.07) is 10.6. The van der Waals surface area contributed by atoms with E-state index >= 15 is 0 Å². The summed E-state index contributed by atoms with van der Waals surface area (Å²) in [5.41, 5.74) is 0.937. The Labute approximate surface area is 180 Å². The number of nitrogens with one attached hydrogen (secondary N) is 3. The van der Waals surface area contributed by atoms with E-state index in [9.17, 15) is 13.6 Å². The number of carbonyl (C=O) groups excluding carboxylic acids is 1. The number of para-hydroxylation sites is 2. The van der Waals surface area contributed by atoms with Crippen molar-refractivity contribution in [1.29, 1.82) is 0 Å². The van der Waals surface area contributed by atoms with Crippen LogP contribution < -0.4 is 16.0 Å². The molecule has 1 fully saturated rings. The lowest BCUT2D eigenvalue weighted by Gasteiger charge is -2.47. The highest BCUT2D eigenvalue weighted by Gasteiger charge is 2.45. The molecule has 0 radical (unpaired) electrons. The zero-order valence-electron chi connectivity index (χ0n) is 17.9. The normalized spacial score (nSPS) is 22.0. The zero-order chi connectivity index (χ0) is 22.2. The van der Waals surface area contributed by atoms with Gasteiger partial charge in [0.05, 0.1) is 29.1 Å². The number of carbonyl (C=O) groups is 1. The molecule has 4 rings (SSSR count). The monoisotopic (exact) mass is 427 g/mol. The third-order valence-corrected chi connectivity index (χ3v) is 5.41. The van der Waals surface area contributed by atoms with Gasteiger partial charge in [-0.05, 0) is 57.9 Å². The first-order valence-corrected chi connectivity index (χ1v) is 10.4. The molecule has 31 heavy (non-hydrogen) atoms. The number of amidine groups is 1. The molecule has 8 heteroatoms. The van der Waals surface area contributed by atoms with E-state index in [2.05, 4.69) is 16.0 Å². The lowest BCUT2D eigenvalue weighted by molar-refractivity contribution is 0.186. The maximum Gasteiger partial charge on any atom is 0.322 e. The van der Waals surface area contributed by atoms with Crippen molar-refractivity contribution >= 4 is 28.9 Å². The number of hydrogen-bond acceptors (Lipinski definition) is 3. The highest BCUT2D eigenvalue weighted by molar-refractivity contribution is 6.10. The zero-order valence-corrected chi connectivity index (χ0v) is 17.9. The summed E-state index contributed by atoms with van der Waals surface area (Å²) < 4.78 is 27.2. The first-order valence-electron chi connectivity index (χ1n) is 10.4. The van der Waals surface area contributed by atoms with E-state index in [0.29, 0.717) is 13.1 Å². The average Bonchev–Trinajstić information content (AvgIpc) is 2.70. The molecule has 0 unspecified atom stereocenters. The predicted molar refractivity (Wildman–Crippen MR) is 120 cm³/mol. The van der Waals surface area contributed by atoms with Crippen LogP contribution in [-0.2, 0) is 0 Å². The molecule has 1 atom stereocenters. The van der Waals surface area contributed by atoms with Crippen molar-refractivity contribution in [3.8, 4) is 0 Å². The van der Waals surface area contributed by atoms with E-state index < -0.39 is 23.2 Å². The van der Waals surface area contributed by atoms with E-state index in [-0.39, 0.29) is 11.2 Å². The van der Waals surface area contributed by atoms with Gasteiger partial charge in [-0.2, -0.15) is 0 Å². The first-order chi connectivity index (χ1) is 14.7. The van der Waals surface area contributed by atoms with Gasteiger partial charge in [0, 0.05) is 12.6 Å². The molecular weight excluding hydrogens is 400 g/mol. The summed E-state index contributed by atoms with van der Waals surface area (Å²) in [7, 11) is 0. The third kappa shape index (κ3) is 4.47. The Morgan fingerprint density at radius 2 is 1.90 bits per heavy atom. The Kier molecular flexibility index (Phi) is 5.33. The van der Waals surface area contributed by atoms with Gasteiger partial charge in [0.2, 0.25) is 0 Å². The van der Waals surface area contributed by atoms with Crippen molar-refractivity contribution < 1.29 is 13.6 Å². The molecule has 2 amide bonds. The third-order valence-electron chi connectivity index (χ3n) is 5.41. The van der Waals surface area contributed by atoms with E-state index in [4.69, 9.17) is 4.99 Å². The SMILES string of the molecule is CC(C)(C)N=C1Nc2ccccc2N[C@@]12CCCN(C(=O)Nc1ccc(F)cc1F)C2. The van der Waals surface area contributed by atoms with Gasteiger partial charge in [-0.25, -0.2) is 13.6 Å². The van der Waals surface area contributed by atoms with Crippen molar-refractivity contribution in [3.63, 3.8) is 0 Å². The van der Waals surface area contributed by atoms with Crippen molar-refractivity contribution in [1.82, 2.24) is 4.90 Å². The number of rotatable bonds is 1. The van der Waals surface area contributed by atoms with Crippen LogP contribution in [0.2, 0.25) is 0 Å². The number of hydrogen-bond donors (Lipinski definition) is 3. The fourth-order valence-electron chi connectivity index (χ4n) is 4.05. The van der Waals surface area contributed by atoms with Crippen LogP contribution in [0.3, 0.4) is 0 Å². The van der Waals surface area contributed by atoms with Crippen molar-refractivity contribution in [3.05, 3.63) is 54.1 Å². The number of piperidine rings is 1. The number of halogens is 2. The van der Waals surface area contributed by atoms with Crippen molar-refractivity contribution in [2.24, 2.45) is 4.99 Å². The Balaban J connectivity index is 1.62. The number of likely N-dealkylation sites (tertiary alicyclic amines) is 1. The second kappa shape index (κ2) is 7.83. The van der Waals surface area contributed by atoms with Gasteiger partial charge in [0.1, 0.15) is 23.0 Å². The molecule has 1 spiro atoms. The van der Waals surface area contributed by atoms with E-state index in [1.165, 1.54) is 6.07 Å². The minimum atomic E-state index is -0.804. The lowest BCUT2D eigenvalue weighted by Crippen LogP contribution is -2.63. The average molecular weight is 427 g/mol. The van der Waals surface area contributed by atoms with Crippen LogP contribution >= 0.6 is 0 Å². The number of anilines is 3. The van der Waals surface area contributed by atoms with Crippen LogP contribution in [0.4, 0.5) is 30.6 Å². The molecule has 0 aliphatic carbocycles. The molecule has 2 heterocycles. The summed E-state index contributed by atoms with van der Waals surface area (Å²) in [4.78, 5) is 19.5.